The van der Waals surface area contributed by atoms with E-state index >= 15 is 0 Å². The summed E-state index contributed by atoms with van der Waals surface area (Å²) in [6.07, 6.45) is 21.8. The molecule has 0 aliphatic heterocycles. The molecule has 0 aromatic heterocycles. The second kappa shape index (κ2) is 22.8. The van der Waals surface area contributed by atoms with E-state index in [1.54, 1.807) is 0 Å². The molecule has 0 radical (unpaired) electrons. The standard InChI is InChI=1S/C22H39O3.2C3H7O.Al/c1-3-4-5-6-7-8-9-10-11-12-13-14-15-16-17-18-19-25-22(24)20-21(2)23;2*1-3(2)4;/h10-11,20H,3-9,12-19H2,1-2H3;2*3H,1-2H3;/q;2*-1;+2/b11-10+;;;. The van der Waals surface area contributed by atoms with Crippen molar-refractivity contribution in [3.05, 3.63) is 12.2 Å². The summed E-state index contributed by atoms with van der Waals surface area (Å²) in [5.74, 6) is -0.720. The summed E-state index contributed by atoms with van der Waals surface area (Å²) < 4.78 is 16.2. The lowest BCUT2D eigenvalue weighted by molar-refractivity contribution is -0.146. The van der Waals surface area contributed by atoms with Crippen LogP contribution in [0.25, 0.3) is 0 Å². The van der Waals surface area contributed by atoms with Gasteiger partial charge in [0.15, 0.2) is 0 Å². The third kappa shape index (κ3) is 19.6. The summed E-state index contributed by atoms with van der Waals surface area (Å²) >= 11 is -2.51. The molecule has 0 aliphatic carbocycles. The van der Waals surface area contributed by atoms with Crippen molar-refractivity contribution >= 4 is 26.6 Å². The highest BCUT2D eigenvalue weighted by Crippen LogP contribution is 2.20. The van der Waals surface area contributed by atoms with Crippen LogP contribution < -0.4 is 0 Å². The van der Waals surface area contributed by atoms with Gasteiger partial charge in [0.2, 0.25) is 0 Å². The summed E-state index contributed by atoms with van der Waals surface area (Å²) in [5, 5.41) is 0. The molecule has 0 heterocycles. The molecule has 0 spiro atoms. The zero-order chi connectivity index (χ0) is 25.6. The van der Waals surface area contributed by atoms with E-state index in [1.807, 2.05) is 27.7 Å². The Morgan fingerprint density at radius 3 is 1.59 bits per heavy atom. The first-order valence-electron chi connectivity index (χ1n) is 13.9. The maximum atomic E-state index is 12.6. The second-order valence-electron chi connectivity index (χ2n) is 9.93. The van der Waals surface area contributed by atoms with Gasteiger partial charge >= 0.3 is 20.8 Å². The summed E-state index contributed by atoms with van der Waals surface area (Å²) in [5.41, 5.74) is 0. The molecule has 0 fully saturated rings. The molecule has 0 amide bonds. The molecule has 1 atom stereocenters. The average Bonchev–Trinajstić information content (AvgIpc) is 2.74. The Bertz CT molecular complexity index is 523. The molecule has 5 nitrogen and oxygen atoms in total. The molecule has 0 aliphatic rings. The van der Waals surface area contributed by atoms with Crippen molar-refractivity contribution in [1.82, 2.24) is 0 Å². The van der Waals surface area contributed by atoms with E-state index in [2.05, 4.69) is 19.1 Å². The van der Waals surface area contributed by atoms with Crippen LogP contribution in [0.3, 0.4) is 0 Å². The molecule has 0 aromatic rings. The molecule has 0 rings (SSSR count). The van der Waals surface area contributed by atoms with Crippen molar-refractivity contribution in [3.8, 4) is 0 Å². The van der Waals surface area contributed by atoms with Crippen LogP contribution >= 0.6 is 0 Å². The van der Waals surface area contributed by atoms with E-state index in [4.69, 9.17) is 12.3 Å². The second-order valence-corrected chi connectivity index (χ2v) is 11.9. The number of rotatable bonds is 23. The number of hydrogen-bond acceptors (Lipinski definition) is 5. The number of unbranched alkanes of at least 4 members (excludes halogenated alkanes) is 12. The first-order chi connectivity index (χ1) is 16.3. The quantitative estimate of drug-likeness (QED) is 0.0473. The number of carbonyl (C=O) groups excluding carboxylic acids is 2. The summed E-state index contributed by atoms with van der Waals surface area (Å²) in [4.78, 5) is 24.7. The van der Waals surface area contributed by atoms with Gasteiger partial charge in [-0.3, -0.25) is 4.79 Å². The minimum absolute atomic E-state index is 0.0964. The maximum Gasteiger partial charge on any atom is 0.698 e. The van der Waals surface area contributed by atoms with E-state index in [9.17, 15) is 9.59 Å². The van der Waals surface area contributed by atoms with Crippen LogP contribution in [0, 0.1) is 0 Å². The normalized spacial score (nSPS) is 12.6. The van der Waals surface area contributed by atoms with Gasteiger partial charge in [-0.05, 0) is 66.7 Å². The van der Waals surface area contributed by atoms with Gasteiger partial charge in [-0.25, -0.2) is 0 Å². The molecular weight excluding hydrogens is 443 g/mol. The van der Waals surface area contributed by atoms with Crippen LogP contribution in [-0.2, 0) is 21.9 Å². The van der Waals surface area contributed by atoms with Gasteiger partial charge in [0.05, 0.1) is 6.61 Å². The molecule has 1 unspecified atom stereocenters. The van der Waals surface area contributed by atoms with Crippen LogP contribution in [0.1, 0.15) is 131 Å². The monoisotopic (exact) mass is 496 g/mol. The number of ketones is 1. The van der Waals surface area contributed by atoms with Gasteiger partial charge < -0.3 is 17.1 Å². The third-order valence-corrected chi connectivity index (χ3v) is 8.59. The molecule has 0 saturated carbocycles. The van der Waals surface area contributed by atoms with Crippen molar-refractivity contribution in [3.63, 3.8) is 0 Å². The van der Waals surface area contributed by atoms with Crippen molar-refractivity contribution in [2.45, 2.75) is 148 Å². The number of hydrogen-bond donors (Lipinski definition) is 0. The molecule has 34 heavy (non-hydrogen) atoms. The van der Waals surface area contributed by atoms with E-state index in [-0.39, 0.29) is 18.0 Å². The molecular formula is C28H53AlO5. The highest BCUT2D eigenvalue weighted by molar-refractivity contribution is 6.58. The van der Waals surface area contributed by atoms with Gasteiger partial charge in [0, 0.05) is 12.2 Å². The fourth-order valence-corrected chi connectivity index (χ4v) is 5.96. The fourth-order valence-electron chi connectivity index (χ4n) is 3.81. The van der Waals surface area contributed by atoms with E-state index in [0.717, 1.165) is 19.3 Å². The summed E-state index contributed by atoms with van der Waals surface area (Å²) in [6.45, 7) is 11.6. The largest absolute Gasteiger partial charge is 0.698 e. The van der Waals surface area contributed by atoms with Gasteiger partial charge in [-0.2, -0.15) is 0 Å². The molecule has 0 saturated heterocycles. The van der Waals surface area contributed by atoms with Crippen LogP contribution in [-0.4, -0.2) is 45.4 Å². The van der Waals surface area contributed by atoms with Crippen molar-refractivity contribution in [1.29, 1.82) is 0 Å². The van der Waals surface area contributed by atoms with Gasteiger partial charge in [0.25, 0.3) is 0 Å². The van der Waals surface area contributed by atoms with E-state index < -0.39 is 25.6 Å². The Labute approximate surface area is 215 Å². The fraction of sp³-hybridized carbons (Fsp3) is 0.857. The predicted molar refractivity (Wildman–Crippen MR) is 143 cm³/mol. The number of allylic oxidation sites excluding steroid dienone is 2. The average molecular weight is 497 g/mol. The highest BCUT2D eigenvalue weighted by atomic mass is 27.2. The lowest BCUT2D eigenvalue weighted by Gasteiger charge is -2.23. The summed E-state index contributed by atoms with van der Waals surface area (Å²) in [6, 6.07) is 0. The Hall–Kier alpha value is -0.668. The minimum Gasteiger partial charge on any atom is -0.476 e. The first kappa shape index (κ1) is 33.3. The van der Waals surface area contributed by atoms with Crippen LogP contribution in [0.4, 0.5) is 0 Å². The smallest absolute Gasteiger partial charge is 0.476 e. The first-order valence-corrected chi connectivity index (χ1v) is 15.5. The Kier molecular flexibility index (Phi) is 22.3. The van der Waals surface area contributed by atoms with Gasteiger partial charge in [0.1, 0.15) is 10.6 Å². The van der Waals surface area contributed by atoms with Gasteiger partial charge in [-0.1, -0.05) is 76.9 Å². The Balaban J connectivity index is 3.88. The van der Waals surface area contributed by atoms with E-state index in [0.29, 0.717) is 6.61 Å². The third-order valence-electron chi connectivity index (χ3n) is 5.68. The highest BCUT2D eigenvalue weighted by Gasteiger charge is 2.47. The maximum absolute atomic E-state index is 12.6. The molecule has 0 aromatic carbocycles. The number of ether oxygens (including phenoxy) is 1. The van der Waals surface area contributed by atoms with Crippen molar-refractivity contribution in [2.24, 2.45) is 0 Å². The SMILES string of the molecule is CCCCCCCC/C=C/CCCCCCCCOC(=O)[CH](C(C)=O)[Al]([O]C(C)C)[O]C(C)C. The van der Waals surface area contributed by atoms with Crippen LogP contribution in [0.2, 0.25) is 4.78 Å². The zero-order valence-electron chi connectivity index (χ0n) is 23.1. The van der Waals surface area contributed by atoms with Crippen LogP contribution in [0.15, 0.2) is 12.2 Å². The Morgan fingerprint density at radius 2 is 1.15 bits per heavy atom. The molecule has 6 heteroatoms. The minimum atomic E-state index is -2.51. The van der Waals surface area contributed by atoms with Gasteiger partial charge in [-0.15, -0.1) is 0 Å². The predicted octanol–water partition coefficient (Wildman–Crippen LogP) is 7.86. The number of esters is 1. The summed E-state index contributed by atoms with van der Waals surface area (Å²) in [7, 11) is 0. The Morgan fingerprint density at radius 1 is 0.706 bits per heavy atom. The molecule has 0 bridgehead atoms. The topological polar surface area (TPSA) is 61.8 Å². The molecule has 0 N–H and O–H groups in total. The van der Waals surface area contributed by atoms with Crippen LogP contribution in [0.5, 0.6) is 0 Å². The zero-order valence-corrected chi connectivity index (χ0v) is 24.3. The number of carbonyl (C=O) groups is 2. The lowest BCUT2D eigenvalue weighted by Crippen LogP contribution is -2.41. The van der Waals surface area contributed by atoms with Crippen molar-refractivity contribution < 1.29 is 21.9 Å². The van der Waals surface area contributed by atoms with E-state index in [1.165, 1.54) is 77.6 Å². The van der Waals surface area contributed by atoms with Crippen molar-refractivity contribution in [2.75, 3.05) is 6.61 Å². The lowest BCUT2D eigenvalue weighted by atomic mass is 10.1. The number of Topliss-reactive ketones (excluding diaryl/α,β-unsaturated/α-hetero) is 1. The molecule has 198 valence electrons.